The van der Waals surface area contributed by atoms with Crippen molar-refractivity contribution >= 4 is 23.3 Å². The Labute approximate surface area is 238 Å². The molecular weight excluding hydrogens is 523 g/mol. The highest BCUT2D eigenvalue weighted by molar-refractivity contribution is 6.32. The number of anilines is 1. The van der Waals surface area contributed by atoms with Gasteiger partial charge in [-0.1, -0.05) is 69.3 Å². The first-order chi connectivity index (χ1) is 19.6. The number of hydrogen-bond donors (Lipinski definition) is 3. The number of carboxylic acids is 1. The number of carbonyl (C=O) groups excluding carboxylic acids is 2. The van der Waals surface area contributed by atoms with E-state index in [1.807, 2.05) is 62.4 Å². The minimum Gasteiger partial charge on any atom is -0.476 e. The second-order valence-electron chi connectivity index (χ2n) is 10.2. The van der Waals surface area contributed by atoms with Crippen molar-refractivity contribution in [3.05, 3.63) is 102 Å². The Hall–Kier alpha value is -4.56. The molecule has 7 nitrogen and oxygen atoms in total. The van der Waals surface area contributed by atoms with Crippen molar-refractivity contribution in [2.45, 2.75) is 51.7 Å². The summed E-state index contributed by atoms with van der Waals surface area (Å²) < 4.78 is 15.7. The molecule has 1 amide bonds. The summed E-state index contributed by atoms with van der Waals surface area (Å²) in [6.45, 7) is 5.52. The number of benzene rings is 3. The number of nitrogens with one attached hydrogen (secondary N) is 1. The van der Waals surface area contributed by atoms with E-state index < -0.39 is 35.6 Å². The van der Waals surface area contributed by atoms with Crippen LogP contribution in [0.1, 0.15) is 62.0 Å². The largest absolute Gasteiger partial charge is 0.476 e. The van der Waals surface area contributed by atoms with Gasteiger partial charge >= 0.3 is 5.97 Å². The molecule has 0 saturated carbocycles. The molecule has 0 aliphatic heterocycles. The summed E-state index contributed by atoms with van der Waals surface area (Å²) in [5, 5.41) is 24.4. The highest BCUT2D eigenvalue weighted by Gasteiger charge is 2.39. The van der Waals surface area contributed by atoms with Gasteiger partial charge in [0, 0.05) is 29.8 Å². The third-order valence-corrected chi connectivity index (χ3v) is 7.17. The minimum absolute atomic E-state index is 0.108. The SMILES string of the molecule is CC[C@@](O)(CCC(=O)C(=O)O)n1c(-c2ccc(F)cc2)c(-c2ccccc2)c(C(=O)Nc2ccccc2)c1C(C)C. The molecule has 3 aromatic carbocycles. The van der Waals surface area contributed by atoms with Gasteiger partial charge in [-0.25, -0.2) is 9.18 Å². The number of rotatable bonds is 11. The Kier molecular flexibility index (Phi) is 8.83. The molecule has 0 spiro atoms. The van der Waals surface area contributed by atoms with Crippen molar-refractivity contribution in [2.75, 3.05) is 5.32 Å². The molecule has 0 bridgehead atoms. The van der Waals surface area contributed by atoms with E-state index in [1.54, 1.807) is 35.8 Å². The molecule has 4 rings (SSSR count). The van der Waals surface area contributed by atoms with E-state index in [2.05, 4.69) is 5.32 Å². The molecular formula is C33H33FN2O5. The zero-order valence-corrected chi connectivity index (χ0v) is 23.2. The quantitative estimate of drug-likeness (QED) is 0.176. The summed E-state index contributed by atoms with van der Waals surface area (Å²) in [6, 6.07) is 24.0. The minimum atomic E-state index is -1.75. The molecule has 212 valence electrons. The summed E-state index contributed by atoms with van der Waals surface area (Å²) in [6.07, 6.45) is -0.508. The lowest BCUT2D eigenvalue weighted by molar-refractivity contribution is -0.150. The van der Waals surface area contributed by atoms with Crippen molar-refractivity contribution in [3.63, 3.8) is 0 Å². The molecule has 4 aromatic rings. The highest BCUT2D eigenvalue weighted by atomic mass is 19.1. The molecule has 1 heterocycles. The first-order valence-corrected chi connectivity index (χ1v) is 13.5. The Morgan fingerprint density at radius 2 is 1.49 bits per heavy atom. The van der Waals surface area contributed by atoms with Crippen LogP contribution in [0.25, 0.3) is 22.4 Å². The molecule has 0 radical (unpaired) electrons. The zero-order chi connectivity index (χ0) is 29.7. The maximum Gasteiger partial charge on any atom is 0.372 e. The number of aliphatic carboxylic acids is 1. The van der Waals surface area contributed by atoms with E-state index in [9.17, 15) is 29.0 Å². The first-order valence-electron chi connectivity index (χ1n) is 13.5. The van der Waals surface area contributed by atoms with Crippen molar-refractivity contribution in [2.24, 2.45) is 0 Å². The van der Waals surface area contributed by atoms with Gasteiger partial charge < -0.3 is 20.1 Å². The van der Waals surface area contributed by atoms with Gasteiger partial charge in [0.1, 0.15) is 11.5 Å². The zero-order valence-electron chi connectivity index (χ0n) is 23.2. The fraction of sp³-hybridized carbons (Fsp3) is 0.242. The van der Waals surface area contributed by atoms with Crippen LogP contribution in [0, 0.1) is 5.82 Å². The number of carbonyl (C=O) groups is 3. The third-order valence-electron chi connectivity index (χ3n) is 7.17. The summed E-state index contributed by atoms with van der Waals surface area (Å²) >= 11 is 0. The number of ketones is 1. The van der Waals surface area contributed by atoms with E-state index in [-0.39, 0.29) is 18.8 Å². The van der Waals surface area contributed by atoms with Crippen LogP contribution in [0.5, 0.6) is 0 Å². The van der Waals surface area contributed by atoms with Crippen LogP contribution >= 0.6 is 0 Å². The molecule has 1 atom stereocenters. The Bertz CT molecular complexity index is 1550. The van der Waals surface area contributed by atoms with Crippen molar-refractivity contribution in [1.82, 2.24) is 4.57 Å². The molecule has 0 aliphatic rings. The van der Waals surface area contributed by atoms with E-state index in [1.165, 1.54) is 12.1 Å². The Balaban J connectivity index is 2.10. The van der Waals surface area contributed by atoms with Crippen LogP contribution < -0.4 is 5.32 Å². The summed E-state index contributed by atoms with van der Waals surface area (Å²) in [7, 11) is 0. The molecule has 3 N–H and O–H groups in total. The molecule has 0 fully saturated rings. The molecule has 8 heteroatoms. The number of halogens is 1. The maximum atomic E-state index is 14.2. The number of para-hydroxylation sites is 1. The number of aliphatic hydroxyl groups is 1. The number of nitrogens with zero attached hydrogens (tertiary/aromatic N) is 1. The molecule has 41 heavy (non-hydrogen) atoms. The fourth-order valence-corrected chi connectivity index (χ4v) is 5.15. The summed E-state index contributed by atoms with van der Waals surface area (Å²) in [4.78, 5) is 37.6. The number of hydrogen-bond acceptors (Lipinski definition) is 4. The first kappa shape index (κ1) is 29.4. The monoisotopic (exact) mass is 556 g/mol. The molecule has 0 saturated heterocycles. The summed E-state index contributed by atoms with van der Waals surface area (Å²) in [5.41, 5.74) is 1.90. The van der Waals surface area contributed by atoms with Crippen LogP contribution in [0.4, 0.5) is 10.1 Å². The number of amides is 1. The molecule has 0 unspecified atom stereocenters. The van der Waals surface area contributed by atoms with Crippen molar-refractivity contribution < 1.29 is 29.0 Å². The van der Waals surface area contributed by atoms with Gasteiger partial charge in [-0.05, 0) is 59.9 Å². The summed E-state index contributed by atoms with van der Waals surface area (Å²) in [5.74, 6) is -3.75. The number of Topliss-reactive ketones (excluding diaryl/α,β-unsaturated/α-hetero) is 1. The standard InChI is InChI=1S/C33H33FN2O5/c1-4-33(41,20-19-26(37)32(39)40)36-29(21(2)3)28(31(38)35-25-13-9-6-10-14-25)27(22-11-7-5-8-12-22)30(36)23-15-17-24(34)18-16-23/h5-18,21,41H,4,19-20H2,1-3H3,(H,35,38)(H,39,40)/t33-/m1/s1. The Morgan fingerprint density at radius 3 is 2.02 bits per heavy atom. The van der Waals surface area contributed by atoms with Crippen molar-refractivity contribution in [1.29, 1.82) is 0 Å². The van der Waals surface area contributed by atoms with Crippen LogP contribution in [0.2, 0.25) is 0 Å². The van der Waals surface area contributed by atoms with Gasteiger partial charge in [0.05, 0.1) is 11.3 Å². The maximum absolute atomic E-state index is 14.2. The van der Waals surface area contributed by atoms with E-state index >= 15 is 0 Å². The van der Waals surface area contributed by atoms with Gasteiger partial charge in [0.15, 0.2) is 0 Å². The van der Waals surface area contributed by atoms with E-state index in [0.29, 0.717) is 39.3 Å². The van der Waals surface area contributed by atoms with E-state index in [0.717, 1.165) is 0 Å². The van der Waals surface area contributed by atoms with Crippen LogP contribution in [-0.4, -0.2) is 32.4 Å². The van der Waals surface area contributed by atoms with Crippen molar-refractivity contribution in [3.8, 4) is 22.4 Å². The smallest absolute Gasteiger partial charge is 0.372 e. The molecule has 1 aromatic heterocycles. The number of carboxylic acid groups (broad SMARTS) is 1. The van der Waals surface area contributed by atoms with Gasteiger partial charge in [-0.2, -0.15) is 0 Å². The predicted molar refractivity (Wildman–Crippen MR) is 156 cm³/mol. The van der Waals surface area contributed by atoms with Gasteiger partial charge in [0.2, 0.25) is 5.78 Å². The number of aromatic nitrogens is 1. The highest BCUT2D eigenvalue weighted by Crippen LogP contribution is 2.46. The van der Waals surface area contributed by atoms with Crippen LogP contribution in [-0.2, 0) is 15.3 Å². The third kappa shape index (κ3) is 6.12. The van der Waals surface area contributed by atoms with Gasteiger partial charge in [-0.15, -0.1) is 0 Å². The lowest BCUT2D eigenvalue weighted by Crippen LogP contribution is -2.36. The van der Waals surface area contributed by atoms with Gasteiger partial charge in [0.25, 0.3) is 5.91 Å². The predicted octanol–water partition coefficient (Wildman–Crippen LogP) is 6.83. The fourth-order valence-electron chi connectivity index (χ4n) is 5.15. The Morgan fingerprint density at radius 1 is 0.902 bits per heavy atom. The normalized spacial score (nSPS) is 12.6. The van der Waals surface area contributed by atoms with Crippen LogP contribution in [0.3, 0.4) is 0 Å². The van der Waals surface area contributed by atoms with Gasteiger partial charge in [-0.3, -0.25) is 9.59 Å². The molecule has 0 aliphatic carbocycles. The van der Waals surface area contributed by atoms with Crippen LogP contribution in [0.15, 0.2) is 84.9 Å². The average Bonchev–Trinajstić information content (AvgIpc) is 3.34. The second-order valence-corrected chi connectivity index (χ2v) is 10.2. The van der Waals surface area contributed by atoms with E-state index in [4.69, 9.17) is 0 Å². The lowest BCUT2D eigenvalue weighted by atomic mass is 9.94. The average molecular weight is 557 g/mol. The topological polar surface area (TPSA) is 109 Å². The second kappa shape index (κ2) is 12.3. The lowest BCUT2D eigenvalue weighted by Gasteiger charge is -2.34.